The van der Waals surface area contributed by atoms with Gasteiger partial charge < -0.3 is 11.5 Å². The van der Waals surface area contributed by atoms with Crippen LogP contribution >= 0.6 is 0 Å². The number of hydrogen-bond donors (Lipinski definition) is 5. The molecule has 0 amide bonds. The second kappa shape index (κ2) is 12.4. The molecule has 0 aliphatic rings. The van der Waals surface area contributed by atoms with Gasteiger partial charge in [-0.1, -0.05) is 0 Å². The minimum absolute atomic E-state index is 0.000000000000000222. The molecule has 21 heavy (non-hydrogen) atoms. The largest absolute Gasteiger partial charge is 0.515 e. The molecule has 0 fully saturated rings. The number of nitrogens with two attached hydrogens (primary N) is 4. The van der Waals surface area contributed by atoms with Crippen LogP contribution in [0.2, 0.25) is 0 Å². The zero-order chi connectivity index (χ0) is 17.6. The summed E-state index contributed by atoms with van der Waals surface area (Å²) in [6.07, 6.45) is 0. The first-order chi connectivity index (χ1) is 9.38. The zero-order valence-electron chi connectivity index (χ0n) is 9.76. The van der Waals surface area contributed by atoms with Crippen molar-refractivity contribution in [3.63, 3.8) is 0 Å². The maximum Gasteiger partial charge on any atom is 0.515 e. The lowest BCUT2D eigenvalue weighted by molar-refractivity contribution is -0.618. The van der Waals surface area contributed by atoms with Crippen molar-refractivity contribution in [1.82, 2.24) is 0 Å². The molecule has 0 aliphatic heterocycles. The van der Waals surface area contributed by atoms with Gasteiger partial charge in [0.15, 0.2) is 0 Å². The van der Waals surface area contributed by atoms with Crippen molar-refractivity contribution < 1.29 is 30.5 Å². The Balaban J connectivity index is -0.000000231. The molecule has 0 saturated carbocycles. The molecule has 0 bridgehead atoms. The average molecular weight is 315 g/mol. The monoisotopic (exact) mass is 315 g/mol. The Kier molecular flexibility index (Phi) is 13.1. The predicted molar refractivity (Wildman–Crippen MR) is 60.2 cm³/mol. The maximum atomic E-state index is 9.01. The lowest BCUT2D eigenvalue weighted by Gasteiger charge is -1.92. The molecule has 0 rings (SSSR count). The van der Waals surface area contributed by atoms with Gasteiger partial charge in [0.2, 0.25) is 0 Å². The summed E-state index contributed by atoms with van der Waals surface area (Å²) < 4.78 is 0. The highest BCUT2D eigenvalue weighted by Gasteiger charge is 1.93. The number of guanidine groups is 2. The molecule has 0 radical (unpaired) electrons. The van der Waals surface area contributed by atoms with E-state index in [1.54, 1.807) is 11.1 Å². The fraction of sp³-hybridized carbons (Fsp3) is 0. The van der Waals surface area contributed by atoms with Crippen LogP contribution in [-0.4, -0.2) is 32.0 Å². The number of nitro groups is 4. The number of nitrogens with one attached hydrogen (secondary N) is 1. The van der Waals surface area contributed by atoms with E-state index in [9.17, 15) is 0 Å². The minimum atomic E-state index is -1.38. The van der Waals surface area contributed by atoms with E-state index >= 15 is 0 Å². The molecule has 0 atom stereocenters. The highest BCUT2D eigenvalue weighted by Crippen LogP contribution is 1.82. The molecular formula is C2H9N11O8. The van der Waals surface area contributed by atoms with Crippen LogP contribution in [0.3, 0.4) is 0 Å². The van der Waals surface area contributed by atoms with Crippen LogP contribution in [0.5, 0.6) is 0 Å². The molecule has 0 aliphatic carbocycles. The van der Waals surface area contributed by atoms with Crippen molar-refractivity contribution in [1.29, 1.82) is 0 Å². The van der Waals surface area contributed by atoms with Gasteiger partial charge in [0.05, 0.1) is 0 Å². The van der Waals surface area contributed by atoms with Crippen molar-refractivity contribution in [3.8, 4) is 0 Å². The topological polar surface area (TPSA) is 318 Å². The highest BCUT2D eigenvalue weighted by atomic mass is 16.8. The van der Waals surface area contributed by atoms with Crippen molar-refractivity contribution in [2.45, 2.75) is 0 Å². The molecule has 0 aromatic carbocycles. The summed E-state index contributed by atoms with van der Waals surface area (Å²) in [4.78, 5) is 38.3. The molecule has 19 nitrogen and oxygen atoms in total. The van der Waals surface area contributed by atoms with E-state index in [0.717, 1.165) is 0 Å². The van der Waals surface area contributed by atoms with Gasteiger partial charge >= 0.3 is 5.96 Å². The van der Waals surface area contributed by atoms with Gasteiger partial charge in [-0.2, -0.15) is 0 Å². The van der Waals surface area contributed by atoms with Gasteiger partial charge in [0.1, 0.15) is 0 Å². The third-order valence-electron chi connectivity index (χ3n) is 0.581. The third-order valence-corrected chi connectivity index (χ3v) is 0.581. The lowest BCUT2D eigenvalue weighted by Crippen LogP contribution is -2.90. The maximum absolute atomic E-state index is 9.01. The Morgan fingerprint density at radius 1 is 0.810 bits per heavy atom. The van der Waals surface area contributed by atoms with E-state index < -0.39 is 20.1 Å². The Labute approximate surface area is 112 Å². The standard InChI is InChI=1S/C2H7N5.2N3O4/c3-1(4)7-2(5)6;2*4-2(5)1-3(6)7/h(H7,3,4,5,6,7);;/q;2*-1/p+2. The molecule has 19 heteroatoms. The van der Waals surface area contributed by atoms with Gasteiger partial charge in [-0.25, -0.2) is 11.1 Å². The van der Waals surface area contributed by atoms with Crippen LogP contribution in [-0.2, 0) is 0 Å². The van der Waals surface area contributed by atoms with E-state index in [-0.39, 0.29) is 11.9 Å². The van der Waals surface area contributed by atoms with Crippen molar-refractivity contribution >= 4 is 11.9 Å². The first-order valence-corrected chi connectivity index (χ1v) is 3.92. The average Bonchev–Trinajstić information content (AvgIpc) is 2.10. The first kappa shape index (κ1) is 22.1. The van der Waals surface area contributed by atoms with Crippen molar-refractivity contribution in [2.24, 2.45) is 17.2 Å². The normalized spacial score (nSPS) is 7.43. The van der Waals surface area contributed by atoms with Gasteiger partial charge in [0.25, 0.3) is 5.96 Å². The molecule has 9 N–H and O–H groups in total. The van der Waals surface area contributed by atoms with Gasteiger partial charge in [-0.05, 0) is 11.1 Å². The van der Waals surface area contributed by atoms with Gasteiger partial charge in [0, 0.05) is 20.1 Å². The van der Waals surface area contributed by atoms with Gasteiger partial charge in [-0.3, -0.25) is 40.5 Å². The molecule has 0 aromatic heterocycles. The first-order valence-electron chi connectivity index (χ1n) is 3.92. The fourth-order valence-corrected chi connectivity index (χ4v) is 0.286. The molecule has 0 unspecified atom stereocenters. The fourth-order valence-electron chi connectivity index (χ4n) is 0.286. The zero-order valence-corrected chi connectivity index (χ0v) is 9.76. The Morgan fingerprint density at radius 3 is 1.05 bits per heavy atom. The molecule has 120 valence electrons. The quantitative estimate of drug-likeness (QED) is 0.140. The van der Waals surface area contributed by atoms with Crippen molar-refractivity contribution in [3.05, 3.63) is 51.5 Å². The minimum Gasteiger partial charge on any atom is -0.345 e. The van der Waals surface area contributed by atoms with Crippen LogP contribution in [0.4, 0.5) is 0 Å². The van der Waals surface area contributed by atoms with E-state index in [2.05, 4.69) is 4.99 Å². The third kappa shape index (κ3) is 49.1. The van der Waals surface area contributed by atoms with E-state index in [1.807, 2.05) is 0 Å². The number of hydrogen-bond acceptors (Lipinski definition) is 8. The smallest absolute Gasteiger partial charge is 0.345 e. The van der Waals surface area contributed by atoms with Crippen molar-refractivity contribution in [2.75, 3.05) is 0 Å². The summed E-state index contributed by atoms with van der Waals surface area (Å²) in [6.45, 7) is 0. The predicted octanol–water partition coefficient (Wildman–Crippen LogP) is -6.10. The van der Waals surface area contributed by atoms with Gasteiger partial charge in [-0.15, -0.1) is 4.99 Å². The molecule has 0 heterocycles. The molecule has 0 spiro atoms. The van der Waals surface area contributed by atoms with Crippen LogP contribution in [0.15, 0.2) is 0 Å². The van der Waals surface area contributed by atoms with E-state index in [1.165, 1.54) is 0 Å². The molecule has 0 saturated heterocycles. The van der Waals surface area contributed by atoms with Crippen LogP contribution in [0.25, 0.3) is 11.1 Å². The molecular weight excluding hydrogens is 306 g/mol. The van der Waals surface area contributed by atoms with Crippen LogP contribution < -0.4 is 27.6 Å². The summed E-state index contributed by atoms with van der Waals surface area (Å²) in [5.74, 6) is 0.000000000000000666. The summed E-state index contributed by atoms with van der Waals surface area (Å²) in [6, 6.07) is 0. The summed E-state index contributed by atoms with van der Waals surface area (Å²) >= 11 is 0. The summed E-state index contributed by atoms with van der Waals surface area (Å²) in [7, 11) is 0. The second-order valence-corrected chi connectivity index (χ2v) is 2.17. The summed E-state index contributed by atoms with van der Waals surface area (Å²) in [5, 5.41) is 35.4. The Hall–Kier alpha value is -4.06. The molecule has 0 aromatic rings. The number of rotatable bonds is 4. The highest BCUT2D eigenvalue weighted by molar-refractivity contribution is 5.75. The SMILES string of the molecule is NC(=[NH2+])[NH+]=C(N)N.O=[N+]([O-])[N-][N+](=O)[O-].O=[N+]([O-])[N-][N+](=O)[O-]. The Bertz CT molecular complexity index is 374. The van der Waals surface area contributed by atoms with Crippen LogP contribution in [0.1, 0.15) is 0 Å². The summed E-state index contributed by atoms with van der Waals surface area (Å²) in [5.41, 5.74) is 18.1. The Morgan fingerprint density at radius 2 is 1.05 bits per heavy atom. The van der Waals surface area contributed by atoms with E-state index in [4.69, 9.17) is 63.1 Å². The lowest BCUT2D eigenvalue weighted by atomic mass is 11.0. The van der Waals surface area contributed by atoms with E-state index in [0.29, 0.717) is 0 Å². The number of nitrogens with zero attached hydrogens (tertiary/aromatic N) is 6. The van der Waals surface area contributed by atoms with Crippen LogP contribution in [0, 0.1) is 40.5 Å². The second-order valence-electron chi connectivity index (χ2n) is 2.17.